The number of pyridine rings is 1. The van der Waals surface area contributed by atoms with Gasteiger partial charge in [-0.15, -0.1) is 0 Å². The summed E-state index contributed by atoms with van der Waals surface area (Å²) in [6.45, 7) is 2.84. The first-order valence-corrected chi connectivity index (χ1v) is 14.2. The van der Waals surface area contributed by atoms with Crippen molar-refractivity contribution in [2.24, 2.45) is 0 Å². The van der Waals surface area contributed by atoms with Crippen LogP contribution >= 0.6 is 12.2 Å². The first-order valence-electron chi connectivity index (χ1n) is 13.8. The molecule has 0 fully saturated rings. The van der Waals surface area contributed by atoms with Crippen LogP contribution in [0.5, 0.6) is 0 Å². The lowest BCUT2D eigenvalue weighted by Gasteiger charge is -2.36. The third-order valence-electron chi connectivity index (χ3n) is 6.86. The van der Waals surface area contributed by atoms with Crippen LogP contribution in [0.25, 0.3) is 0 Å². The lowest BCUT2D eigenvalue weighted by Crippen LogP contribution is -2.50. The molecule has 0 spiro atoms. The zero-order chi connectivity index (χ0) is 29.8. The number of fused-ring (bicyclic) bond motifs is 2. The Hall–Kier alpha value is -3.45. The maximum Gasteiger partial charge on any atom is 0.317 e. The minimum atomic E-state index is -1.01. The highest BCUT2D eigenvalue weighted by Gasteiger charge is 2.27. The molecule has 0 radical (unpaired) electrons. The summed E-state index contributed by atoms with van der Waals surface area (Å²) in [6.07, 6.45) is 3.37. The highest BCUT2D eigenvalue weighted by molar-refractivity contribution is 7.80. The average Bonchev–Trinajstić information content (AvgIpc) is 2.89. The zero-order valence-electron chi connectivity index (χ0n) is 23.4. The lowest BCUT2D eigenvalue weighted by molar-refractivity contribution is -0.141. The van der Waals surface area contributed by atoms with Gasteiger partial charge in [-0.2, -0.15) is 0 Å². The van der Waals surface area contributed by atoms with E-state index in [9.17, 15) is 29.7 Å². The molecule has 11 nitrogen and oxygen atoms in total. The standard InChI is InChI=1S/C29H39N5O6S/c1-2-3-7-26(41)31-22-10-8-21(9-11-22)14-25-17-33(19-28(37)38)13-12-32(18-27(35)36)15-23-5-4-6-24(30-23)16-34(25)20-29(39)40/h4-6,8-11,25H,2-3,7,12-20H2,1H3,(H,31,41)(H,35,36)(H,37,38)(H,39,40). The van der Waals surface area contributed by atoms with Gasteiger partial charge in [-0.05, 0) is 49.1 Å². The van der Waals surface area contributed by atoms with E-state index < -0.39 is 17.9 Å². The van der Waals surface area contributed by atoms with Gasteiger partial charge in [-0.1, -0.05) is 43.8 Å². The second-order valence-corrected chi connectivity index (χ2v) is 10.9. The van der Waals surface area contributed by atoms with Crippen LogP contribution in [0, 0.1) is 0 Å². The Bertz CT molecular complexity index is 1190. The third-order valence-corrected chi connectivity index (χ3v) is 7.16. The lowest BCUT2D eigenvalue weighted by atomic mass is 10.0. The number of aromatic nitrogens is 1. The number of hydrogen-bond acceptors (Lipinski definition) is 8. The Morgan fingerprint density at radius 3 is 2.15 bits per heavy atom. The van der Waals surface area contributed by atoms with E-state index >= 15 is 0 Å². The van der Waals surface area contributed by atoms with Crippen LogP contribution in [0.1, 0.15) is 43.1 Å². The molecule has 1 aliphatic heterocycles. The maximum atomic E-state index is 11.9. The number of nitrogens with zero attached hydrogens (tertiary/aromatic N) is 4. The van der Waals surface area contributed by atoms with E-state index in [1.165, 1.54) is 0 Å². The number of unbranched alkanes of at least 4 members (excludes halogenated alkanes) is 1. The highest BCUT2D eigenvalue weighted by atomic mass is 32.1. The molecule has 12 heteroatoms. The normalized spacial score (nSPS) is 17.2. The molecule has 2 bridgehead atoms. The van der Waals surface area contributed by atoms with Crippen molar-refractivity contribution in [2.45, 2.75) is 51.7 Å². The quantitative estimate of drug-likeness (QED) is 0.272. The van der Waals surface area contributed by atoms with Crippen LogP contribution in [0.3, 0.4) is 0 Å². The Morgan fingerprint density at radius 2 is 1.51 bits per heavy atom. The molecular formula is C29H39N5O6S. The number of carbonyl (C=O) groups is 3. The largest absolute Gasteiger partial charge is 0.480 e. The predicted molar refractivity (Wildman–Crippen MR) is 159 cm³/mol. The third kappa shape index (κ3) is 11.5. The summed E-state index contributed by atoms with van der Waals surface area (Å²) in [5, 5.41) is 32.1. The fourth-order valence-electron chi connectivity index (χ4n) is 4.91. The first-order chi connectivity index (χ1) is 19.6. The van der Waals surface area contributed by atoms with Crippen molar-refractivity contribution in [2.75, 3.05) is 44.6 Å². The molecular weight excluding hydrogens is 546 g/mol. The van der Waals surface area contributed by atoms with E-state index in [-0.39, 0.29) is 45.3 Å². The summed E-state index contributed by atoms with van der Waals surface area (Å²) in [6, 6.07) is 12.9. The van der Waals surface area contributed by atoms with Gasteiger partial charge < -0.3 is 20.6 Å². The van der Waals surface area contributed by atoms with Gasteiger partial charge in [-0.3, -0.25) is 34.1 Å². The van der Waals surface area contributed by atoms with E-state index in [0.29, 0.717) is 30.9 Å². The molecule has 0 saturated heterocycles. The fraction of sp³-hybridized carbons (Fsp3) is 0.483. The molecule has 0 saturated carbocycles. The molecule has 0 aliphatic carbocycles. The first kappa shape index (κ1) is 32.1. The topological polar surface area (TPSA) is 147 Å². The number of aliphatic carboxylic acids is 3. The molecule has 1 aromatic heterocycles. The summed E-state index contributed by atoms with van der Waals surface area (Å²) in [5.74, 6) is -2.98. The molecule has 1 unspecified atom stereocenters. The Balaban J connectivity index is 1.91. The van der Waals surface area contributed by atoms with E-state index in [0.717, 1.165) is 35.5 Å². The second-order valence-electron chi connectivity index (χ2n) is 10.4. The fourth-order valence-corrected chi connectivity index (χ4v) is 5.17. The Kier molecular flexibility index (Phi) is 12.6. The van der Waals surface area contributed by atoms with Gasteiger partial charge in [0.25, 0.3) is 0 Å². The summed E-state index contributed by atoms with van der Waals surface area (Å²) in [5.41, 5.74) is 3.17. The second kappa shape index (κ2) is 16.1. The predicted octanol–water partition coefficient (Wildman–Crippen LogP) is 2.80. The van der Waals surface area contributed by atoms with Gasteiger partial charge >= 0.3 is 17.9 Å². The van der Waals surface area contributed by atoms with Crippen molar-refractivity contribution in [3.63, 3.8) is 0 Å². The molecule has 4 N–H and O–H groups in total. The van der Waals surface area contributed by atoms with Crippen molar-refractivity contribution in [1.82, 2.24) is 19.7 Å². The monoisotopic (exact) mass is 585 g/mol. The Labute approximate surface area is 245 Å². The van der Waals surface area contributed by atoms with Gasteiger partial charge in [0, 0.05) is 44.5 Å². The number of carboxylic acid groups (broad SMARTS) is 3. The van der Waals surface area contributed by atoms with Crippen LogP contribution in [0.2, 0.25) is 0 Å². The van der Waals surface area contributed by atoms with Gasteiger partial charge in [0.2, 0.25) is 0 Å². The van der Waals surface area contributed by atoms with Crippen molar-refractivity contribution in [3.05, 3.63) is 59.4 Å². The molecule has 0 amide bonds. The summed E-state index contributed by atoms with van der Waals surface area (Å²) < 4.78 is 0. The van der Waals surface area contributed by atoms with Gasteiger partial charge in [0.1, 0.15) is 0 Å². The van der Waals surface area contributed by atoms with Crippen LogP contribution in [0.15, 0.2) is 42.5 Å². The number of nitrogens with one attached hydrogen (secondary N) is 1. The molecule has 2 aromatic rings. The molecule has 222 valence electrons. The smallest absolute Gasteiger partial charge is 0.317 e. The number of anilines is 1. The zero-order valence-corrected chi connectivity index (χ0v) is 24.2. The number of hydrogen-bond donors (Lipinski definition) is 4. The average molecular weight is 586 g/mol. The number of carboxylic acids is 3. The van der Waals surface area contributed by atoms with Crippen LogP contribution < -0.4 is 5.32 Å². The molecule has 3 rings (SSSR count). The maximum absolute atomic E-state index is 11.9. The molecule has 1 aliphatic rings. The van der Waals surface area contributed by atoms with Crippen LogP contribution in [0.4, 0.5) is 5.69 Å². The molecule has 41 heavy (non-hydrogen) atoms. The van der Waals surface area contributed by atoms with E-state index in [2.05, 4.69) is 12.2 Å². The number of thiocarbonyl (C=S) groups is 1. The van der Waals surface area contributed by atoms with Crippen molar-refractivity contribution in [1.29, 1.82) is 0 Å². The molecule has 1 atom stereocenters. The van der Waals surface area contributed by atoms with E-state index in [1.54, 1.807) is 9.80 Å². The minimum absolute atomic E-state index is 0.205. The minimum Gasteiger partial charge on any atom is -0.480 e. The van der Waals surface area contributed by atoms with Crippen LogP contribution in [-0.4, -0.2) is 103 Å². The SMILES string of the molecule is CCCCC(=S)Nc1ccc(CC2CN(CC(=O)O)CCN(CC(=O)O)Cc3cccc(n3)CN2CC(=O)O)cc1. The van der Waals surface area contributed by atoms with E-state index in [4.69, 9.17) is 17.2 Å². The van der Waals surface area contributed by atoms with Gasteiger partial charge in [0.15, 0.2) is 0 Å². The Morgan fingerprint density at radius 1 is 0.902 bits per heavy atom. The van der Waals surface area contributed by atoms with E-state index in [1.807, 2.05) is 47.4 Å². The van der Waals surface area contributed by atoms with Gasteiger partial charge in [0.05, 0.1) is 36.0 Å². The number of rotatable bonds is 12. The summed E-state index contributed by atoms with van der Waals surface area (Å²) in [4.78, 5) is 46.0. The van der Waals surface area contributed by atoms with Crippen LogP contribution in [-0.2, 0) is 33.9 Å². The van der Waals surface area contributed by atoms with Crippen molar-refractivity contribution >= 4 is 40.8 Å². The highest BCUT2D eigenvalue weighted by Crippen LogP contribution is 2.18. The van der Waals surface area contributed by atoms with Crippen molar-refractivity contribution < 1.29 is 29.7 Å². The molecule has 2 heterocycles. The summed E-state index contributed by atoms with van der Waals surface area (Å²) >= 11 is 5.42. The van der Waals surface area contributed by atoms with Gasteiger partial charge in [-0.25, -0.2) is 0 Å². The molecule has 1 aromatic carbocycles. The summed E-state index contributed by atoms with van der Waals surface area (Å²) in [7, 11) is 0. The number of benzene rings is 1. The van der Waals surface area contributed by atoms with Crippen molar-refractivity contribution in [3.8, 4) is 0 Å².